The van der Waals surface area contributed by atoms with Crippen molar-refractivity contribution in [1.82, 2.24) is 0 Å². The van der Waals surface area contributed by atoms with Crippen LogP contribution in [0.2, 0.25) is 0 Å². The molecule has 1 heterocycles. The van der Waals surface area contributed by atoms with E-state index < -0.39 is 15.7 Å². The summed E-state index contributed by atoms with van der Waals surface area (Å²) in [6, 6.07) is 8.26. The highest BCUT2D eigenvalue weighted by molar-refractivity contribution is 7.84. The van der Waals surface area contributed by atoms with Crippen LogP contribution >= 0.6 is 11.3 Å². The second kappa shape index (κ2) is 4.72. The summed E-state index contributed by atoms with van der Waals surface area (Å²) in [6.45, 7) is 3.74. The van der Waals surface area contributed by atoms with Crippen LogP contribution in [0, 0.1) is 0 Å². The molecule has 0 bridgehead atoms. The quantitative estimate of drug-likeness (QED) is 0.909. The van der Waals surface area contributed by atoms with Crippen molar-refractivity contribution in [3.05, 3.63) is 41.3 Å². The van der Waals surface area contributed by atoms with E-state index >= 15 is 0 Å². The molecule has 0 spiro atoms. The molecule has 2 N–H and O–H groups in total. The summed E-state index contributed by atoms with van der Waals surface area (Å²) in [5, 5.41) is 8.78. The molecule has 2 rings (SSSR count). The number of benzene rings is 1. The van der Waals surface area contributed by atoms with Crippen LogP contribution in [0.4, 0.5) is 0 Å². The van der Waals surface area contributed by atoms with Crippen LogP contribution in [-0.2, 0) is 11.0 Å². The second-order valence-corrected chi connectivity index (χ2v) is 6.98. The van der Waals surface area contributed by atoms with Gasteiger partial charge in [-0.3, -0.25) is 5.14 Å². The fourth-order valence-corrected chi connectivity index (χ4v) is 2.62. The largest absolute Gasteiger partial charge is 0.251 e. The first kappa shape index (κ1) is 12.5. The van der Waals surface area contributed by atoms with E-state index in [1.165, 1.54) is 10.1 Å². The first-order chi connectivity index (χ1) is 8.00. The molecule has 0 aliphatic heterocycles. The average Bonchev–Trinajstić information content (AvgIpc) is 2.69. The van der Waals surface area contributed by atoms with Crippen LogP contribution in [0.1, 0.15) is 19.4 Å². The highest BCUT2D eigenvalue weighted by Gasteiger charge is 2.19. The molecular formula is C13H15NOS2. The predicted molar refractivity (Wildman–Crippen MR) is 77.3 cm³/mol. The van der Waals surface area contributed by atoms with Gasteiger partial charge in [0, 0.05) is 4.70 Å². The van der Waals surface area contributed by atoms with Crippen molar-refractivity contribution >= 4 is 38.5 Å². The number of fused-ring (bicyclic) bond motifs is 1. The van der Waals surface area contributed by atoms with E-state index in [1.54, 1.807) is 11.3 Å². The van der Waals surface area contributed by atoms with Crippen molar-refractivity contribution in [3.8, 4) is 0 Å². The van der Waals surface area contributed by atoms with Gasteiger partial charge in [-0.1, -0.05) is 30.4 Å². The predicted octanol–water partition coefficient (Wildman–Crippen LogP) is 3.32. The Labute approximate surface area is 108 Å². The topological polar surface area (TPSA) is 43.1 Å². The zero-order valence-electron chi connectivity index (χ0n) is 9.84. The summed E-state index contributed by atoms with van der Waals surface area (Å²) in [7, 11) is -1.35. The molecular weight excluding hydrogens is 250 g/mol. The number of thiophene rings is 1. The molecule has 4 heteroatoms. The van der Waals surface area contributed by atoms with Gasteiger partial charge in [0.1, 0.15) is 0 Å². The van der Waals surface area contributed by atoms with Gasteiger partial charge in [-0.25, -0.2) is 4.21 Å². The van der Waals surface area contributed by atoms with Gasteiger partial charge in [0.25, 0.3) is 0 Å². The molecule has 1 aromatic heterocycles. The maximum Gasteiger partial charge on any atom is 0.0984 e. The number of rotatable bonds is 3. The van der Waals surface area contributed by atoms with Gasteiger partial charge in [0.05, 0.1) is 15.7 Å². The SMILES string of the molecule is CC(C)(C=Cc1csc2ccccc12)S(N)=O. The molecule has 0 saturated carbocycles. The number of nitrogens with two attached hydrogens (primary N) is 1. The zero-order valence-corrected chi connectivity index (χ0v) is 11.5. The average molecular weight is 265 g/mol. The summed E-state index contributed by atoms with van der Waals surface area (Å²) >= 11 is 1.71. The molecule has 0 aliphatic carbocycles. The molecule has 0 amide bonds. The lowest BCUT2D eigenvalue weighted by Crippen LogP contribution is -2.29. The molecule has 1 aromatic carbocycles. The molecule has 0 radical (unpaired) electrons. The van der Waals surface area contributed by atoms with Crippen LogP contribution in [0.5, 0.6) is 0 Å². The van der Waals surface area contributed by atoms with E-state index in [9.17, 15) is 4.21 Å². The van der Waals surface area contributed by atoms with E-state index in [-0.39, 0.29) is 0 Å². The highest BCUT2D eigenvalue weighted by atomic mass is 32.2. The van der Waals surface area contributed by atoms with Crippen LogP contribution in [-0.4, -0.2) is 8.96 Å². The minimum atomic E-state index is -1.35. The molecule has 90 valence electrons. The third kappa shape index (κ3) is 2.65. The maximum atomic E-state index is 11.3. The molecule has 0 saturated heterocycles. The third-order valence-electron chi connectivity index (χ3n) is 2.69. The zero-order chi connectivity index (χ0) is 12.5. The maximum absolute atomic E-state index is 11.3. The van der Waals surface area contributed by atoms with Crippen LogP contribution < -0.4 is 5.14 Å². The third-order valence-corrected chi connectivity index (χ3v) is 4.85. The Hall–Kier alpha value is -0.970. The van der Waals surface area contributed by atoms with Crippen molar-refractivity contribution in [2.75, 3.05) is 0 Å². The molecule has 1 unspecified atom stereocenters. The Morgan fingerprint density at radius 3 is 2.76 bits per heavy atom. The summed E-state index contributed by atoms with van der Waals surface area (Å²) in [4.78, 5) is 0. The van der Waals surface area contributed by atoms with Crippen molar-refractivity contribution in [1.29, 1.82) is 0 Å². The van der Waals surface area contributed by atoms with Gasteiger partial charge in [0.15, 0.2) is 0 Å². The molecule has 0 aliphatic rings. The number of hydrogen-bond acceptors (Lipinski definition) is 2. The minimum absolute atomic E-state index is 0.497. The molecule has 17 heavy (non-hydrogen) atoms. The Bertz CT molecular complexity index is 584. The van der Waals surface area contributed by atoms with E-state index in [2.05, 4.69) is 17.5 Å². The van der Waals surface area contributed by atoms with Gasteiger partial charge in [0.2, 0.25) is 0 Å². The fourth-order valence-electron chi connectivity index (χ4n) is 1.48. The lowest BCUT2D eigenvalue weighted by molar-refractivity contribution is 0.665. The van der Waals surface area contributed by atoms with Crippen molar-refractivity contribution < 1.29 is 4.21 Å². The standard InChI is InChI=1S/C13H15NOS2/c1-13(2,17(14)15)8-7-10-9-16-12-6-4-3-5-11(10)12/h3-9H,14H2,1-2H3. The van der Waals surface area contributed by atoms with E-state index in [0.29, 0.717) is 0 Å². The summed E-state index contributed by atoms with van der Waals surface area (Å²) in [5.41, 5.74) is 1.16. The molecule has 1 atom stereocenters. The number of hydrogen-bond donors (Lipinski definition) is 1. The van der Waals surface area contributed by atoms with Crippen molar-refractivity contribution in [2.24, 2.45) is 5.14 Å². The first-order valence-electron chi connectivity index (χ1n) is 5.32. The van der Waals surface area contributed by atoms with Gasteiger partial charge in [-0.2, -0.15) is 0 Å². The van der Waals surface area contributed by atoms with Crippen LogP contribution in [0.3, 0.4) is 0 Å². The van der Waals surface area contributed by atoms with E-state index in [4.69, 9.17) is 5.14 Å². The van der Waals surface area contributed by atoms with E-state index in [0.717, 1.165) is 5.56 Å². The fraction of sp³-hybridized carbons (Fsp3) is 0.231. The summed E-state index contributed by atoms with van der Waals surface area (Å²) in [6.07, 6.45) is 3.92. The Morgan fingerprint density at radius 1 is 1.35 bits per heavy atom. The van der Waals surface area contributed by atoms with Gasteiger partial charge >= 0.3 is 0 Å². The Kier molecular flexibility index (Phi) is 3.47. The van der Waals surface area contributed by atoms with Crippen molar-refractivity contribution in [3.63, 3.8) is 0 Å². The Balaban J connectivity index is 2.36. The van der Waals surface area contributed by atoms with E-state index in [1.807, 2.05) is 38.1 Å². The normalized spacial score (nSPS) is 14.5. The lowest BCUT2D eigenvalue weighted by atomic mass is 10.1. The lowest BCUT2D eigenvalue weighted by Gasteiger charge is -2.15. The van der Waals surface area contributed by atoms with Gasteiger partial charge < -0.3 is 0 Å². The van der Waals surface area contributed by atoms with Crippen LogP contribution in [0.25, 0.3) is 16.2 Å². The summed E-state index contributed by atoms with van der Waals surface area (Å²) in [5.74, 6) is 0. The second-order valence-electron chi connectivity index (χ2n) is 4.42. The summed E-state index contributed by atoms with van der Waals surface area (Å²) < 4.78 is 12.1. The monoisotopic (exact) mass is 265 g/mol. The highest BCUT2D eigenvalue weighted by Crippen LogP contribution is 2.27. The molecule has 2 aromatic rings. The smallest absolute Gasteiger partial charge is 0.0984 e. The van der Waals surface area contributed by atoms with Crippen molar-refractivity contribution in [2.45, 2.75) is 18.6 Å². The molecule has 2 nitrogen and oxygen atoms in total. The molecule has 0 fully saturated rings. The van der Waals surface area contributed by atoms with Gasteiger partial charge in [-0.05, 0) is 36.2 Å². The van der Waals surface area contributed by atoms with Crippen LogP contribution in [0.15, 0.2) is 35.7 Å². The van der Waals surface area contributed by atoms with Gasteiger partial charge in [-0.15, -0.1) is 11.3 Å². The Morgan fingerprint density at radius 2 is 2.06 bits per heavy atom. The first-order valence-corrected chi connectivity index (χ1v) is 7.42. The minimum Gasteiger partial charge on any atom is -0.251 e.